The highest BCUT2D eigenvalue weighted by Gasteiger charge is 2.15. The van der Waals surface area contributed by atoms with Crippen molar-refractivity contribution in [3.8, 4) is 5.69 Å². The van der Waals surface area contributed by atoms with E-state index in [1.54, 1.807) is 13.8 Å². The monoisotopic (exact) mass is 286 g/mol. The molecule has 0 atom stereocenters. The van der Waals surface area contributed by atoms with Gasteiger partial charge in [-0.2, -0.15) is 4.98 Å². The number of carboxylic acid groups (broad SMARTS) is 1. The minimum atomic E-state index is -0.937. The molecule has 21 heavy (non-hydrogen) atoms. The van der Waals surface area contributed by atoms with Gasteiger partial charge < -0.3 is 5.11 Å². The van der Waals surface area contributed by atoms with Crippen LogP contribution in [0.1, 0.15) is 28.1 Å². The molecule has 5 nitrogen and oxygen atoms in total. The molecule has 1 heterocycles. The second-order valence-electron chi connectivity index (χ2n) is 5.22. The van der Waals surface area contributed by atoms with Crippen LogP contribution in [0.2, 0.25) is 0 Å². The third-order valence-electron chi connectivity index (χ3n) is 3.74. The molecule has 0 spiro atoms. The first-order valence-electron chi connectivity index (χ1n) is 6.70. The van der Waals surface area contributed by atoms with E-state index in [9.17, 15) is 9.59 Å². The highest BCUT2D eigenvalue weighted by Crippen LogP contribution is 2.17. The summed E-state index contributed by atoms with van der Waals surface area (Å²) >= 11 is 0. The number of carboxylic acids is 1. The number of carbonyl (C=O) groups is 1. The summed E-state index contributed by atoms with van der Waals surface area (Å²) in [5, 5.41) is 9.01. The van der Waals surface area contributed by atoms with Gasteiger partial charge >= 0.3 is 11.7 Å². The lowest BCUT2D eigenvalue weighted by atomic mass is 10.1. The number of aryl methyl sites for hydroxylation is 3. The van der Waals surface area contributed by atoms with E-state index in [4.69, 9.17) is 5.11 Å². The topological polar surface area (TPSA) is 72.2 Å². The van der Waals surface area contributed by atoms with Crippen LogP contribution in [0.25, 0.3) is 5.69 Å². The van der Waals surface area contributed by atoms with E-state index >= 15 is 0 Å². The first-order valence-corrected chi connectivity index (χ1v) is 6.70. The molecule has 0 saturated carbocycles. The van der Waals surface area contributed by atoms with E-state index in [-0.39, 0.29) is 12.1 Å². The molecule has 1 aromatic carbocycles. The summed E-state index contributed by atoms with van der Waals surface area (Å²) in [4.78, 5) is 27.1. The maximum Gasteiger partial charge on any atom is 0.352 e. The van der Waals surface area contributed by atoms with Gasteiger partial charge in [-0.05, 0) is 51.0 Å². The molecule has 1 aromatic heterocycles. The van der Waals surface area contributed by atoms with Crippen molar-refractivity contribution >= 4 is 5.97 Å². The van der Waals surface area contributed by atoms with Crippen molar-refractivity contribution in [3.63, 3.8) is 0 Å². The van der Waals surface area contributed by atoms with Gasteiger partial charge in [0.1, 0.15) is 0 Å². The third kappa shape index (κ3) is 2.86. The Bertz CT molecular complexity index is 776. The van der Waals surface area contributed by atoms with Gasteiger partial charge in [0.2, 0.25) is 0 Å². The van der Waals surface area contributed by atoms with Gasteiger partial charge in [-0.15, -0.1) is 0 Å². The number of hydrogen-bond donors (Lipinski definition) is 1. The van der Waals surface area contributed by atoms with Crippen LogP contribution in [0.5, 0.6) is 0 Å². The Hall–Kier alpha value is -2.43. The third-order valence-corrected chi connectivity index (χ3v) is 3.74. The lowest BCUT2D eigenvalue weighted by molar-refractivity contribution is -0.136. The molecule has 0 saturated heterocycles. The molecular formula is C16H18N2O3. The lowest BCUT2D eigenvalue weighted by Gasteiger charge is -2.15. The average molecular weight is 286 g/mol. The molecule has 0 aliphatic heterocycles. The Morgan fingerprint density at radius 2 is 1.86 bits per heavy atom. The van der Waals surface area contributed by atoms with Crippen LogP contribution in [0.15, 0.2) is 23.0 Å². The minimum absolute atomic E-state index is 0.143. The molecule has 0 amide bonds. The van der Waals surface area contributed by atoms with E-state index in [0.29, 0.717) is 22.6 Å². The molecule has 0 aliphatic rings. The lowest BCUT2D eigenvalue weighted by Crippen LogP contribution is -2.27. The number of rotatable bonds is 3. The predicted octanol–water partition coefficient (Wildman–Crippen LogP) is 2.09. The number of benzene rings is 1. The standard InChI is InChI=1S/C16H18N2O3/c1-9-5-6-13(7-10(9)2)18-12(4)14(8-15(19)20)11(3)17-16(18)21/h5-7H,8H2,1-4H3,(H,19,20). The SMILES string of the molecule is Cc1ccc(-n2c(C)c(CC(=O)O)c(C)nc2=O)cc1C. The van der Waals surface area contributed by atoms with Crippen molar-refractivity contribution in [1.82, 2.24) is 9.55 Å². The molecular weight excluding hydrogens is 268 g/mol. The molecule has 2 aromatic rings. The molecule has 0 unspecified atom stereocenters. The summed E-state index contributed by atoms with van der Waals surface area (Å²) in [5.41, 5.74) is 4.20. The summed E-state index contributed by atoms with van der Waals surface area (Å²) in [6, 6.07) is 5.69. The zero-order valence-corrected chi connectivity index (χ0v) is 12.6. The molecule has 110 valence electrons. The fourth-order valence-electron chi connectivity index (χ4n) is 2.38. The summed E-state index contributed by atoms with van der Waals surface area (Å²) in [7, 11) is 0. The predicted molar refractivity (Wildman–Crippen MR) is 80.1 cm³/mol. The Balaban J connectivity index is 2.71. The average Bonchev–Trinajstić information content (AvgIpc) is 2.38. The van der Waals surface area contributed by atoms with Crippen LogP contribution in [-0.4, -0.2) is 20.6 Å². The summed E-state index contributed by atoms with van der Waals surface area (Å²) in [6.45, 7) is 7.39. The van der Waals surface area contributed by atoms with E-state index in [0.717, 1.165) is 11.1 Å². The van der Waals surface area contributed by atoms with Gasteiger partial charge in [0, 0.05) is 17.0 Å². The molecule has 1 N–H and O–H groups in total. The van der Waals surface area contributed by atoms with Crippen LogP contribution in [-0.2, 0) is 11.2 Å². The Morgan fingerprint density at radius 3 is 2.43 bits per heavy atom. The van der Waals surface area contributed by atoms with Crippen molar-refractivity contribution in [2.75, 3.05) is 0 Å². The fraction of sp³-hybridized carbons (Fsp3) is 0.312. The minimum Gasteiger partial charge on any atom is -0.481 e. The molecule has 0 fully saturated rings. The van der Waals surface area contributed by atoms with Crippen molar-refractivity contribution in [2.24, 2.45) is 0 Å². The highest BCUT2D eigenvalue weighted by molar-refractivity contribution is 5.71. The van der Waals surface area contributed by atoms with Gasteiger partial charge in [0.05, 0.1) is 12.1 Å². The van der Waals surface area contributed by atoms with Gasteiger partial charge in [-0.1, -0.05) is 6.07 Å². The van der Waals surface area contributed by atoms with Crippen molar-refractivity contribution < 1.29 is 9.90 Å². The smallest absolute Gasteiger partial charge is 0.352 e. The molecule has 0 radical (unpaired) electrons. The van der Waals surface area contributed by atoms with Crippen molar-refractivity contribution in [3.05, 3.63) is 56.8 Å². The Kier molecular flexibility index (Phi) is 3.93. The second-order valence-corrected chi connectivity index (χ2v) is 5.22. The van der Waals surface area contributed by atoms with Crippen molar-refractivity contribution in [1.29, 1.82) is 0 Å². The molecule has 0 aliphatic carbocycles. The second kappa shape index (κ2) is 5.52. The Morgan fingerprint density at radius 1 is 1.19 bits per heavy atom. The van der Waals surface area contributed by atoms with E-state index < -0.39 is 5.97 Å². The van der Waals surface area contributed by atoms with Gasteiger partial charge in [0.25, 0.3) is 0 Å². The summed E-state index contributed by atoms with van der Waals surface area (Å²) < 4.78 is 1.47. The van der Waals surface area contributed by atoms with Gasteiger partial charge in [-0.25, -0.2) is 4.79 Å². The normalized spacial score (nSPS) is 10.7. The van der Waals surface area contributed by atoms with Crippen LogP contribution in [0, 0.1) is 27.7 Å². The summed E-state index contributed by atoms with van der Waals surface area (Å²) in [6.07, 6.45) is -0.143. The Labute approximate surface area is 122 Å². The van der Waals surface area contributed by atoms with E-state index in [1.807, 2.05) is 32.0 Å². The molecule has 2 rings (SSSR count). The summed E-state index contributed by atoms with van der Waals surface area (Å²) in [5.74, 6) is -0.937. The number of aliphatic carboxylic acids is 1. The first-order chi connectivity index (χ1) is 9.81. The van der Waals surface area contributed by atoms with Gasteiger partial charge in [0.15, 0.2) is 0 Å². The number of nitrogens with zero attached hydrogens (tertiary/aromatic N) is 2. The highest BCUT2D eigenvalue weighted by atomic mass is 16.4. The van der Waals surface area contributed by atoms with Crippen LogP contribution in [0.3, 0.4) is 0 Å². The number of hydrogen-bond acceptors (Lipinski definition) is 3. The van der Waals surface area contributed by atoms with E-state index in [1.165, 1.54) is 4.57 Å². The number of aromatic nitrogens is 2. The molecule has 5 heteroatoms. The van der Waals surface area contributed by atoms with Crippen molar-refractivity contribution in [2.45, 2.75) is 34.1 Å². The maximum atomic E-state index is 12.2. The zero-order valence-electron chi connectivity index (χ0n) is 12.6. The largest absolute Gasteiger partial charge is 0.481 e. The first kappa shape index (κ1) is 15.0. The van der Waals surface area contributed by atoms with Crippen LogP contribution >= 0.6 is 0 Å². The van der Waals surface area contributed by atoms with Gasteiger partial charge in [-0.3, -0.25) is 9.36 Å². The fourth-order valence-corrected chi connectivity index (χ4v) is 2.38. The zero-order chi connectivity index (χ0) is 15.7. The van der Waals surface area contributed by atoms with Crippen LogP contribution < -0.4 is 5.69 Å². The van der Waals surface area contributed by atoms with Crippen LogP contribution in [0.4, 0.5) is 0 Å². The molecule has 0 bridgehead atoms. The maximum absolute atomic E-state index is 12.2. The quantitative estimate of drug-likeness (QED) is 0.937. The van der Waals surface area contributed by atoms with E-state index in [2.05, 4.69) is 4.98 Å².